The largest absolute Gasteiger partial charge is 0.365 e. The Bertz CT molecular complexity index is 653. The molecule has 0 bridgehead atoms. The Balaban J connectivity index is 1.71. The summed E-state index contributed by atoms with van der Waals surface area (Å²) in [6.45, 7) is 6.62. The highest BCUT2D eigenvalue weighted by atomic mass is 16.2. The van der Waals surface area contributed by atoms with Gasteiger partial charge in [-0.05, 0) is 38.1 Å². The van der Waals surface area contributed by atoms with Gasteiger partial charge >= 0.3 is 0 Å². The number of hydrogen-bond donors (Lipinski definition) is 0. The van der Waals surface area contributed by atoms with Crippen molar-refractivity contribution in [2.24, 2.45) is 0 Å². The van der Waals surface area contributed by atoms with E-state index in [2.05, 4.69) is 36.1 Å². The minimum atomic E-state index is 0.142. The lowest BCUT2D eigenvalue weighted by Gasteiger charge is -2.41. The first-order valence-corrected chi connectivity index (χ1v) is 7.83. The quantitative estimate of drug-likeness (QED) is 0.848. The average Bonchev–Trinajstić information content (AvgIpc) is 2.55. The third-order valence-electron chi connectivity index (χ3n) is 4.27. The van der Waals surface area contributed by atoms with Crippen LogP contribution in [0.15, 0.2) is 54.6 Å². The molecule has 22 heavy (non-hydrogen) atoms. The van der Waals surface area contributed by atoms with Crippen LogP contribution in [-0.2, 0) is 0 Å². The molecule has 0 spiro atoms. The van der Waals surface area contributed by atoms with Crippen LogP contribution in [0.25, 0.3) is 0 Å². The zero-order chi connectivity index (χ0) is 15.5. The van der Waals surface area contributed by atoms with Crippen LogP contribution < -0.4 is 4.90 Å². The fourth-order valence-electron chi connectivity index (χ4n) is 3.11. The first-order chi connectivity index (χ1) is 10.6. The molecule has 1 amide bonds. The Morgan fingerprint density at radius 2 is 1.82 bits per heavy atom. The molecule has 1 atom stereocenters. The number of piperazine rings is 1. The van der Waals surface area contributed by atoms with Crippen molar-refractivity contribution in [1.82, 2.24) is 4.90 Å². The van der Waals surface area contributed by atoms with Crippen molar-refractivity contribution in [3.8, 4) is 0 Å². The summed E-state index contributed by atoms with van der Waals surface area (Å²) in [6, 6.07) is 18.6. The zero-order valence-electron chi connectivity index (χ0n) is 13.2. The number of aryl methyl sites for hydroxylation is 1. The number of carbonyl (C=O) groups excluding carboxylic acids is 1. The first-order valence-electron chi connectivity index (χ1n) is 7.83. The van der Waals surface area contributed by atoms with Gasteiger partial charge in [-0.1, -0.05) is 35.9 Å². The SMILES string of the molecule is Cc1cccc(C(=O)N2CCN(c3ccccc3)C(C)C2)c1. The summed E-state index contributed by atoms with van der Waals surface area (Å²) in [7, 11) is 0. The predicted molar refractivity (Wildman–Crippen MR) is 90.3 cm³/mol. The summed E-state index contributed by atoms with van der Waals surface area (Å²) < 4.78 is 0. The molecule has 1 heterocycles. The monoisotopic (exact) mass is 294 g/mol. The fraction of sp³-hybridized carbons (Fsp3) is 0.316. The van der Waals surface area contributed by atoms with Crippen LogP contribution in [0.2, 0.25) is 0 Å². The number of carbonyl (C=O) groups is 1. The summed E-state index contributed by atoms with van der Waals surface area (Å²) >= 11 is 0. The molecule has 0 aromatic heterocycles. The Morgan fingerprint density at radius 3 is 2.50 bits per heavy atom. The van der Waals surface area contributed by atoms with Crippen molar-refractivity contribution in [1.29, 1.82) is 0 Å². The van der Waals surface area contributed by atoms with E-state index in [4.69, 9.17) is 0 Å². The molecule has 3 rings (SSSR count). The average molecular weight is 294 g/mol. The molecule has 2 aromatic carbocycles. The van der Waals surface area contributed by atoms with Crippen LogP contribution in [0.1, 0.15) is 22.8 Å². The number of anilines is 1. The van der Waals surface area contributed by atoms with Gasteiger partial charge in [-0.15, -0.1) is 0 Å². The van der Waals surface area contributed by atoms with Crippen LogP contribution in [0.5, 0.6) is 0 Å². The predicted octanol–water partition coefficient (Wildman–Crippen LogP) is 3.35. The fourth-order valence-corrected chi connectivity index (χ4v) is 3.11. The van der Waals surface area contributed by atoms with Gasteiger partial charge in [0, 0.05) is 36.9 Å². The third kappa shape index (κ3) is 2.98. The second-order valence-electron chi connectivity index (χ2n) is 6.00. The number of para-hydroxylation sites is 1. The molecule has 1 saturated heterocycles. The summed E-state index contributed by atoms with van der Waals surface area (Å²) in [6.07, 6.45) is 0. The lowest BCUT2D eigenvalue weighted by molar-refractivity contribution is 0.0726. The van der Waals surface area contributed by atoms with Gasteiger partial charge in [0.25, 0.3) is 5.91 Å². The van der Waals surface area contributed by atoms with Gasteiger partial charge < -0.3 is 9.80 Å². The van der Waals surface area contributed by atoms with Crippen molar-refractivity contribution < 1.29 is 4.79 Å². The Kier molecular flexibility index (Phi) is 4.14. The van der Waals surface area contributed by atoms with E-state index in [1.807, 2.05) is 42.2 Å². The number of benzene rings is 2. The van der Waals surface area contributed by atoms with Gasteiger partial charge in [0.2, 0.25) is 0 Å². The molecule has 114 valence electrons. The number of rotatable bonds is 2. The van der Waals surface area contributed by atoms with Crippen molar-refractivity contribution in [2.45, 2.75) is 19.9 Å². The van der Waals surface area contributed by atoms with Crippen LogP contribution in [-0.4, -0.2) is 36.5 Å². The molecule has 0 aliphatic carbocycles. The van der Waals surface area contributed by atoms with E-state index >= 15 is 0 Å². The minimum Gasteiger partial charge on any atom is -0.365 e. The number of nitrogens with zero attached hydrogens (tertiary/aromatic N) is 2. The highest BCUT2D eigenvalue weighted by Gasteiger charge is 2.27. The molecule has 1 unspecified atom stereocenters. The molecule has 1 fully saturated rings. The molecule has 0 saturated carbocycles. The zero-order valence-corrected chi connectivity index (χ0v) is 13.2. The van der Waals surface area contributed by atoms with Crippen LogP contribution in [0, 0.1) is 6.92 Å². The second-order valence-corrected chi connectivity index (χ2v) is 6.00. The van der Waals surface area contributed by atoms with Gasteiger partial charge in [-0.2, -0.15) is 0 Å². The summed E-state index contributed by atoms with van der Waals surface area (Å²) in [5.74, 6) is 0.142. The molecule has 0 N–H and O–H groups in total. The van der Waals surface area contributed by atoms with E-state index in [-0.39, 0.29) is 5.91 Å². The molecule has 2 aromatic rings. The lowest BCUT2D eigenvalue weighted by atomic mass is 10.1. The maximum Gasteiger partial charge on any atom is 0.253 e. The van der Waals surface area contributed by atoms with Gasteiger partial charge in [-0.25, -0.2) is 0 Å². The van der Waals surface area contributed by atoms with Crippen molar-refractivity contribution in [2.75, 3.05) is 24.5 Å². The first kappa shape index (κ1) is 14.6. The molecular weight excluding hydrogens is 272 g/mol. The summed E-state index contributed by atoms with van der Waals surface area (Å²) in [5, 5.41) is 0. The van der Waals surface area contributed by atoms with E-state index in [1.54, 1.807) is 0 Å². The summed E-state index contributed by atoms with van der Waals surface area (Å²) in [5.41, 5.74) is 3.15. The van der Waals surface area contributed by atoms with E-state index in [9.17, 15) is 4.79 Å². The maximum absolute atomic E-state index is 12.6. The van der Waals surface area contributed by atoms with Gasteiger partial charge in [0.15, 0.2) is 0 Å². The van der Waals surface area contributed by atoms with Gasteiger partial charge in [0.05, 0.1) is 0 Å². The Labute approximate surface area is 132 Å². The van der Waals surface area contributed by atoms with Crippen LogP contribution >= 0.6 is 0 Å². The highest BCUT2D eigenvalue weighted by molar-refractivity contribution is 5.94. The van der Waals surface area contributed by atoms with E-state index < -0.39 is 0 Å². The van der Waals surface area contributed by atoms with Gasteiger partial charge in [-0.3, -0.25) is 4.79 Å². The Morgan fingerprint density at radius 1 is 1.05 bits per heavy atom. The molecule has 1 aliphatic rings. The molecule has 0 radical (unpaired) electrons. The number of amides is 1. The van der Waals surface area contributed by atoms with Gasteiger partial charge in [0.1, 0.15) is 0 Å². The van der Waals surface area contributed by atoms with E-state index in [0.29, 0.717) is 6.04 Å². The second kappa shape index (κ2) is 6.22. The third-order valence-corrected chi connectivity index (χ3v) is 4.27. The highest BCUT2D eigenvalue weighted by Crippen LogP contribution is 2.21. The minimum absolute atomic E-state index is 0.142. The van der Waals surface area contributed by atoms with Crippen molar-refractivity contribution in [3.63, 3.8) is 0 Å². The normalized spacial score (nSPS) is 18.4. The smallest absolute Gasteiger partial charge is 0.253 e. The van der Waals surface area contributed by atoms with E-state index in [1.165, 1.54) is 5.69 Å². The molecule has 3 nitrogen and oxygen atoms in total. The molecule has 3 heteroatoms. The number of hydrogen-bond acceptors (Lipinski definition) is 2. The standard InChI is InChI=1S/C19H22N2O/c1-15-7-6-8-17(13-15)19(22)20-11-12-21(16(2)14-20)18-9-4-3-5-10-18/h3-10,13,16H,11-12,14H2,1-2H3. The molecule has 1 aliphatic heterocycles. The lowest BCUT2D eigenvalue weighted by Crippen LogP contribution is -2.53. The van der Waals surface area contributed by atoms with Crippen LogP contribution in [0.4, 0.5) is 5.69 Å². The van der Waals surface area contributed by atoms with Crippen molar-refractivity contribution >= 4 is 11.6 Å². The maximum atomic E-state index is 12.6. The summed E-state index contributed by atoms with van der Waals surface area (Å²) in [4.78, 5) is 17.0. The van der Waals surface area contributed by atoms with E-state index in [0.717, 1.165) is 30.8 Å². The topological polar surface area (TPSA) is 23.6 Å². The Hall–Kier alpha value is -2.29. The van der Waals surface area contributed by atoms with Crippen LogP contribution in [0.3, 0.4) is 0 Å². The van der Waals surface area contributed by atoms with Crippen molar-refractivity contribution in [3.05, 3.63) is 65.7 Å². The molecular formula is C19H22N2O.